The van der Waals surface area contributed by atoms with Crippen LogP contribution in [0.4, 0.5) is 0 Å². The van der Waals surface area contributed by atoms with E-state index in [9.17, 15) is 63.3 Å². The van der Waals surface area contributed by atoms with Gasteiger partial charge in [-0.05, 0) is 122 Å². The highest BCUT2D eigenvalue weighted by Gasteiger charge is 2.36. The van der Waals surface area contributed by atoms with Gasteiger partial charge in [-0.15, -0.1) is 0 Å². The Bertz CT molecular complexity index is 2070. The van der Waals surface area contributed by atoms with Gasteiger partial charge < -0.3 is 103 Å². The summed E-state index contributed by atoms with van der Waals surface area (Å²) in [5, 5.41) is 52.4. The second-order valence-corrected chi connectivity index (χ2v) is 19.3. The zero-order chi connectivity index (χ0) is 59.1. The molecule has 1 aromatic rings. The molecule has 0 bridgehead atoms. The third-order valence-corrected chi connectivity index (χ3v) is 12.1. The fourth-order valence-corrected chi connectivity index (χ4v) is 7.78. The number of benzene rings is 1. The standard InChI is InChI=1S/C49H88N16O13/c1-26(2)24-36(46(74)57-31(12-8-9-18-50)41(69)60-35(17-23-55)45(73)65-39(28(4)67)49(77)78)62-47(75)37(25-29-10-6-5-7-11-29)63-44(72)33(15-21-53)59-42(70)32(14-20-52)58-43(71)34(16-22-54)61-48(76)38(27(3)66)64-40(68)30(56)13-19-51/h5-7,10-11,26-28,30-39,66-67H,8-9,12-25,50-56H2,1-4H3,(H,57,74)(H,58,71)(H,59,70)(H,60,69)(H,61,76)(H,62,75)(H,63,72)(H,64,68)(H,65,73)(H,77,78)/t27-,28-,30+,31+,32+,33+,34+,35+,36+,37-,38+,39+/m1/s1. The number of hydrogen-bond donors (Lipinski definition) is 19. The highest BCUT2D eigenvalue weighted by Crippen LogP contribution is 2.12. The zero-order valence-electron chi connectivity index (χ0n) is 45.2. The van der Waals surface area contributed by atoms with Crippen LogP contribution in [0.5, 0.6) is 0 Å². The van der Waals surface area contributed by atoms with E-state index in [0.717, 1.165) is 6.92 Å². The fraction of sp³-hybridized carbons (Fsp3) is 0.673. The molecule has 29 heteroatoms. The van der Waals surface area contributed by atoms with Crippen molar-refractivity contribution in [3.63, 3.8) is 0 Å². The van der Waals surface area contributed by atoms with Crippen molar-refractivity contribution in [3.05, 3.63) is 35.9 Å². The third kappa shape index (κ3) is 25.4. The number of carboxylic acid groups (broad SMARTS) is 1. The summed E-state index contributed by atoms with van der Waals surface area (Å²) in [5.74, 6) is -9.60. The summed E-state index contributed by atoms with van der Waals surface area (Å²) in [7, 11) is 0. The molecule has 29 nitrogen and oxygen atoms in total. The number of carbonyl (C=O) groups excluding carboxylic acids is 9. The van der Waals surface area contributed by atoms with E-state index in [4.69, 9.17) is 40.1 Å². The summed E-state index contributed by atoms with van der Waals surface area (Å²) in [6.45, 7) is 5.73. The van der Waals surface area contributed by atoms with Gasteiger partial charge in [0.05, 0.1) is 18.2 Å². The number of unbranched alkanes of at least 4 members (excludes halogenated alkanes) is 1. The lowest BCUT2D eigenvalue weighted by Gasteiger charge is -2.29. The number of nitrogens with two attached hydrogens (primary N) is 7. The lowest BCUT2D eigenvalue weighted by atomic mass is 9.99. The summed E-state index contributed by atoms with van der Waals surface area (Å²) in [4.78, 5) is 135. The van der Waals surface area contributed by atoms with Crippen molar-refractivity contribution >= 4 is 59.1 Å². The van der Waals surface area contributed by atoms with Crippen LogP contribution in [0.2, 0.25) is 0 Å². The first-order valence-electron chi connectivity index (χ1n) is 26.2. The van der Waals surface area contributed by atoms with E-state index in [-0.39, 0.29) is 96.6 Å². The molecule has 9 amide bonds. The molecule has 0 saturated heterocycles. The van der Waals surface area contributed by atoms with Crippen molar-refractivity contribution < 1.29 is 63.3 Å². The molecule has 0 unspecified atom stereocenters. The minimum Gasteiger partial charge on any atom is -0.480 e. The Balaban J connectivity index is 3.50. The average molecular weight is 1110 g/mol. The van der Waals surface area contributed by atoms with Crippen LogP contribution in [-0.4, -0.2) is 186 Å². The van der Waals surface area contributed by atoms with E-state index < -0.39 is 132 Å². The molecule has 0 heterocycles. The number of carboxylic acids is 1. The predicted octanol–water partition coefficient (Wildman–Crippen LogP) is -7.32. The van der Waals surface area contributed by atoms with E-state index in [0.29, 0.717) is 18.4 Å². The normalized spacial score (nSPS) is 15.9. The maximum absolute atomic E-state index is 14.4. The molecule has 26 N–H and O–H groups in total. The Hall–Kier alpha value is -6.44. The SMILES string of the molecule is CC(C)C[C@H](NC(=O)[C@@H](Cc1ccccc1)NC(=O)[C@H](CCN)NC(=O)[C@H](CCN)NC(=O)[C@H](CCN)NC(=O)[C@@H](NC(=O)[C@@H](N)CCN)[C@@H](C)O)C(=O)N[C@@H](CCCCN)C(=O)N[C@@H](CCN)C(=O)N[C@H](C(=O)O)[C@@H](C)O. The third-order valence-electron chi connectivity index (χ3n) is 12.1. The molecule has 442 valence electrons. The maximum atomic E-state index is 14.4. The Morgan fingerprint density at radius 1 is 0.410 bits per heavy atom. The van der Waals surface area contributed by atoms with Crippen molar-refractivity contribution in [1.82, 2.24) is 47.9 Å². The lowest BCUT2D eigenvalue weighted by molar-refractivity contribution is -0.145. The molecule has 12 atom stereocenters. The first-order chi connectivity index (χ1) is 36.9. The highest BCUT2D eigenvalue weighted by molar-refractivity contribution is 5.98. The van der Waals surface area contributed by atoms with E-state index in [1.807, 2.05) is 0 Å². The van der Waals surface area contributed by atoms with Gasteiger partial charge in [-0.25, -0.2) is 4.79 Å². The van der Waals surface area contributed by atoms with Crippen LogP contribution in [0.3, 0.4) is 0 Å². The first-order valence-corrected chi connectivity index (χ1v) is 26.2. The maximum Gasteiger partial charge on any atom is 0.328 e. The van der Waals surface area contributed by atoms with Gasteiger partial charge in [0.2, 0.25) is 53.2 Å². The lowest BCUT2D eigenvalue weighted by Crippen LogP contribution is -2.62. The summed E-state index contributed by atoms with van der Waals surface area (Å²) in [5.41, 5.74) is 40.8. The number of carbonyl (C=O) groups is 10. The van der Waals surface area contributed by atoms with Crippen LogP contribution in [0.15, 0.2) is 30.3 Å². The second kappa shape index (κ2) is 37.4. The first kappa shape index (κ1) is 69.6. The molecular weight excluding hydrogens is 1020 g/mol. The molecule has 78 heavy (non-hydrogen) atoms. The molecule has 0 aliphatic carbocycles. The molecule has 0 aliphatic rings. The molecule has 0 saturated carbocycles. The number of aliphatic carboxylic acids is 1. The Kier molecular flexibility index (Phi) is 33.3. The second-order valence-electron chi connectivity index (χ2n) is 19.3. The molecule has 0 spiro atoms. The summed E-state index contributed by atoms with van der Waals surface area (Å²) >= 11 is 0. The minimum absolute atomic E-state index is 0.0264. The van der Waals surface area contributed by atoms with Crippen molar-refractivity contribution in [2.24, 2.45) is 46.1 Å². The van der Waals surface area contributed by atoms with Gasteiger partial charge in [-0.2, -0.15) is 0 Å². The van der Waals surface area contributed by atoms with Crippen LogP contribution in [-0.2, 0) is 54.4 Å². The quantitative estimate of drug-likeness (QED) is 0.0272. The zero-order valence-corrected chi connectivity index (χ0v) is 45.2. The van der Waals surface area contributed by atoms with Gasteiger partial charge >= 0.3 is 5.97 Å². The summed E-state index contributed by atoms with van der Waals surface area (Å²) in [6, 6.07) is -5.42. The van der Waals surface area contributed by atoms with E-state index >= 15 is 0 Å². The van der Waals surface area contributed by atoms with E-state index in [1.165, 1.54) is 6.92 Å². The van der Waals surface area contributed by atoms with Crippen LogP contribution in [0.1, 0.15) is 91.0 Å². The van der Waals surface area contributed by atoms with Gasteiger partial charge in [-0.1, -0.05) is 44.2 Å². The van der Waals surface area contributed by atoms with Gasteiger partial charge in [-0.3, -0.25) is 43.2 Å². The molecule has 1 rings (SSSR count). The average Bonchev–Trinajstić information content (AvgIpc) is 3.37. The van der Waals surface area contributed by atoms with Gasteiger partial charge in [0.15, 0.2) is 6.04 Å². The highest BCUT2D eigenvalue weighted by atomic mass is 16.4. The predicted molar refractivity (Wildman–Crippen MR) is 287 cm³/mol. The molecule has 0 aromatic heterocycles. The van der Waals surface area contributed by atoms with Gasteiger partial charge in [0.25, 0.3) is 0 Å². The van der Waals surface area contributed by atoms with Crippen LogP contribution in [0.25, 0.3) is 0 Å². The molecular formula is C49H88N16O13. The van der Waals surface area contributed by atoms with Crippen molar-refractivity contribution in [1.29, 1.82) is 0 Å². The summed E-state index contributed by atoms with van der Waals surface area (Å²) < 4.78 is 0. The Morgan fingerprint density at radius 2 is 0.756 bits per heavy atom. The number of hydrogen-bond acceptors (Lipinski definition) is 19. The molecule has 0 aliphatic heterocycles. The molecule has 0 radical (unpaired) electrons. The monoisotopic (exact) mass is 1110 g/mol. The van der Waals surface area contributed by atoms with E-state index in [1.54, 1.807) is 44.2 Å². The Morgan fingerprint density at radius 3 is 1.14 bits per heavy atom. The fourth-order valence-electron chi connectivity index (χ4n) is 7.78. The molecule has 0 fully saturated rings. The summed E-state index contributed by atoms with van der Waals surface area (Å²) in [6.07, 6.45) is -2.77. The van der Waals surface area contributed by atoms with Crippen LogP contribution >= 0.6 is 0 Å². The minimum atomic E-state index is -1.71. The number of nitrogens with one attached hydrogen (secondary N) is 9. The number of aliphatic hydroxyl groups is 2. The Labute approximate surface area is 454 Å². The number of amides is 9. The number of aliphatic hydroxyl groups excluding tert-OH is 2. The largest absolute Gasteiger partial charge is 0.480 e. The van der Waals surface area contributed by atoms with Crippen LogP contribution < -0.4 is 88.0 Å². The van der Waals surface area contributed by atoms with Crippen molar-refractivity contribution in [3.8, 4) is 0 Å². The molecule has 1 aromatic carbocycles. The van der Waals surface area contributed by atoms with Gasteiger partial charge in [0.1, 0.15) is 48.3 Å². The van der Waals surface area contributed by atoms with Crippen molar-refractivity contribution in [2.45, 2.75) is 165 Å². The van der Waals surface area contributed by atoms with Gasteiger partial charge in [0, 0.05) is 6.42 Å². The topological polar surface area (TPSA) is 522 Å². The van der Waals surface area contributed by atoms with E-state index in [2.05, 4.69) is 47.9 Å². The smallest absolute Gasteiger partial charge is 0.328 e. The van der Waals surface area contributed by atoms with Crippen molar-refractivity contribution in [2.75, 3.05) is 39.3 Å². The number of rotatable bonds is 39. The van der Waals surface area contributed by atoms with Crippen LogP contribution in [0, 0.1) is 5.92 Å².